The number of likely N-dealkylation sites (N-methyl/N-ethyl adjacent to an activating group) is 1. The van der Waals surface area contributed by atoms with Crippen molar-refractivity contribution in [2.45, 2.75) is 25.9 Å². The van der Waals surface area contributed by atoms with Crippen molar-refractivity contribution in [2.75, 3.05) is 18.0 Å². The molecule has 0 saturated carbocycles. The lowest BCUT2D eigenvalue weighted by Crippen LogP contribution is -2.44. The van der Waals surface area contributed by atoms with Crippen LogP contribution in [0.2, 0.25) is 0 Å². The van der Waals surface area contributed by atoms with Crippen molar-refractivity contribution in [1.29, 1.82) is 0 Å². The first kappa shape index (κ1) is 17.7. The number of imidazole rings is 1. The monoisotopic (exact) mass is 355 g/mol. The second-order valence-corrected chi connectivity index (χ2v) is 5.96. The van der Waals surface area contributed by atoms with Crippen LogP contribution >= 0.6 is 0 Å². The second kappa shape index (κ2) is 7.81. The Morgan fingerprint density at radius 1 is 1.23 bits per heavy atom. The predicted molar refractivity (Wildman–Crippen MR) is 95.2 cm³/mol. The molecule has 8 nitrogen and oxygen atoms in total. The van der Waals surface area contributed by atoms with Crippen LogP contribution in [-0.2, 0) is 20.9 Å². The minimum Gasteiger partial charge on any atom is -0.348 e. The molecule has 1 aliphatic heterocycles. The van der Waals surface area contributed by atoms with Gasteiger partial charge in [-0.3, -0.25) is 14.4 Å². The van der Waals surface area contributed by atoms with Crippen LogP contribution in [0.3, 0.4) is 0 Å². The van der Waals surface area contributed by atoms with Gasteiger partial charge in [-0.2, -0.15) is 0 Å². The topological polar surface area (TPSA) is 96.3 Å². The number of hydrogen-bond donors (Lipinski definition) is 2. The first-order valence-corrected chi connectivity index (χ1v) is 8.56. The highest BCUT2D eigenvalue weighted by molar-refractivity contribution is 6.35. The number of carbonyl (C=O) groups is 3. The summed E-state index contributed by atoms with van der Waals surface area (Å²) in [7, 11) is 0. The van der Waals surface area contributed by atoms with E-state index >= 15 is 0 Å². The zero-order valence-electron chi connectivity index (χ0n) is 14.5. The van der Waals surface area contributed by atoms with E-state index in [1.807, 2.05) is 29.8 Å². The van der Waals surface area contributed by atoms with Crippen molar-refractivity contribution in [3.8, 4) is 0 Å². The largest absolute Gasteiger partial charge is 0.348 e. The molecule has 0 spiro atoms. The number of fused-ring (bicyclic) bond motifs is 1. The molecule has 1 atom stereocenters. The molecule has 1 aliphatic rings. The molecule has 0 bridgehead atoms. The molecule has 0 aliphatic carbocycles. The predicted octanol–water partition coefficient (Wildman–Crippen LogP) is 0.613. The van der Waals surface area contributed by atoms with Gasteiger partial charge in [0.2, 0.25) is 0 Å². The van der Waals surface area contributed by atoms with Crippen LogP contribution in [0.4, 0.5) is 5.69 Å². The number of carbonyl (C=O) groups excluding carboxylic acids is 3. The molecule has 1 aromatic carbocycles. The maximum atomic E-state index is 12.5. The number of benzene rings is 1. The Balaban J connectivity index is 1.54. The Morgan fingerprint density at radius 3 is 2.77 bits per heavy atom. The average molecular weight is 355 g/mol. The lowest BCUT2D eigenvalue weighted by molar-refractivity contribution is -0.140. The van der Waals surface area contributed by atoms with Gasteiger partial charge in [-0.05, 0) is 19.4 Å². The fourth-order valence-corrected chi connectivity index (χ4v) is 3.01. The highest BCUT2D eigenvalue weighted by Crippen LogP contribution is 2.35. The summed E-state index contributed by atoms with van der Waals surface area (Å²) in [6.45, 7) is 3.43. The summed E-state index contributed by atoms with van der Waals surface area (Å²) >= 11 is 0. The third kappa shape index (κ3) is 3.58. The van der Waals surface area contributed by atoms with E-state index in [4.69, 9.17) is 0 Å². The molecular formula is C18H21N5O3. The van der Waals surface area contributed by atoms with Crippen LogP contribution < -0.4 is 15.5 Å². The van der Waals surface area contributed by atoms with E-state index in [0.717, 1.165) is 5.69 Å². The van der Waals surface area contributed by atoms with E-state index in [9.17, 15) is 14.4 Å². The highest BCUT2D eigenvalue weighted by atomic mass is 16.2. The van der Waals surface area contributed by atoms with Gasteiger partial charge in [0.25, 0.3) is 5.91 Å². The van der Waals surface area contributed by atoms with E-state index in [1.165, 1.54) is 0 Å². The number of aryl methyl sites for hydroxylation is 1. The maximum absolute atomic E-state index is 12.5. The third-order valence-corrected chi connectivity index (χ3v) is 4.29. The summed E-state index contributed by atoms with van der Waals surface area (Å²) in [4.78, 5) is 42.2. The molecule has 3 amide bonds. The van der Waals surface area contributed by atoms with Crippen LogP contribution in [0.25, 0.3) is 0 Å². The van der Waals surface area contributed by atoms with Crippen molar-refractivity contribution in [3.05, 3.63) is 48.5 Å². The summed E-state index contributed by atoms with van der Waals surface area (Å²) in [5.41, 5.74) is 1.48. The summed E-state index contributed by atoms with van der Waals surface area (Å²) in [5.74, 6) is -1.77. The van der Waals surface area contributed by atoms with Crippen molar-refractivity contribution in [2.24, 2.45) is 0 Å². The van der Waals surface area contributed by atoms with Crippen molar-refractivity contribution in [1.82, 2.24) is 20.2 Å². The molecule has 0 saturated heterocycles. The molecule has 8 heteroatoms. The second-order valence-electron chi connectivity index (χ2n) is 5.96. The zero-order valence-corrected chi connectivity index (χ0v) is 14.5. The number of anilines is 1. The molecular weight excluding hydrogens is 334 g/mol. The lowest BCUT2D eigenvalue weighted by atomic mass is 10.1. The third-order valence-electron chi connectivity index (χ3n) is 4.29. The van der Waals surface area contributed by atoms with Gasteiger partial charge in [-0.1, -0.05) is 18.2 Å². The smallest absolute Gasteiger partial charge is 0.310 e. The average Bonchev–Trinajstić information content (AvgIpc) is 3.25. The Kier molecular flexibility index (Phi) is 5.31. The Bertz CT molecular complexity index is 803. The first-order chi connectivity index (χ1) is 12.6. The molecule has 2 N–H and O–H groups in total. The summed E-state index contributed by atoms with van der Waals surface area (Å²) in [6, 6.07) is 6.44. The number of nitrogens with one attached hydrogen (secondary N) is 2. The van der Waals surface area contributed by atoms with Crippen LogP contribution in [0.5, 0.6) is 0 Å². The van der Waals surface area contributed by atoms with Crippen LogP contribution in [-0.4, -0.2) is 40.4 Å². The van der Waals surface area contributed by atoms with E-state index in [0.29, 0.717) is 31.6 Å². The molecule has 2 aromatic rings. The Morgan fingerprint density at radius 2 is 2.04 bits per heavy atom. The van der Waals surface area contributed by atoms with Gasteiger partial charge < -0.3 is 20.1 Å². The van der Waals surface area contributed by atoms with Crippen molar-refractivity contribution in [3.63, 3.8) is 0 Å². The molecule has 3 rings (SSSR count). The number of amides is 3. The zero-order chi connectivity index (χ0) is 18.5. The fourth-order valence-electron chi connectivity index (χ4n) is 3.01. The Hall–Kier alpha value is -3.16. The van der Waals surface area contributed by atoms with Gasteiger partial charge in [0.15, 0.2) is 0 Å². The van der Waals surface area contributed by atoms with Crippen LogP contribution in [0, 0.1) is 0 Å². The standard InChI is InChI=1S/C18H21N5O3/c1-2-23-14-7-4-3-6-13(14)15(18(23)26)21-17(25)16(24)20-8-5-10-22-11-9-19-12-22/h3-4,6-7,9,11-12,15H,2,5,8,10H2,1H3,(H,20,24)(H,21,25)/t15-/m0/s1. The summed E-state index contributed by atoms with van der Waals surface area (Å²) in [5, 5.41) is 5.12. The van der Waals surface area contributed by atoms with Gasteiger partial charge in [0.1, 0.15) is 6.04 Å². The molecule has 26 heavy (non-hydrogen) atoms. The molecule has 2 heterocycles. The summed E-state index contributed by atoms with van der Waals surface area (Å²) < 4.78 is 1.89. The minimum atomic E-state index is -0.824. The highest BCUT2D eigenvalue weighted by Gasteiger charge is 2.37. The van der Waals surface area contributed by atoms with Gasteiger partial charge in [0, 0.05) is 43.3 Å². The SMILES string of the molecule is CCN1C(=O)[C@@H](NC(=O)C(=O)NCCCn2ccnc2)c2ccccc21. The van der Waals surface area contributed by atoms with Crippen LogP contribution in [0.1, 0.15) is 24.9 Å². The Labute approximate surface area is 151 Å². The maximum Gasteiger partial charge on any atom is 0.310 e. The van der Waals surface area contributed by atoms with Crippen molar-refractivity contribution < 1.29 is 14.4 Å². The number of aromatic nitrogens is 2. The number of hydrogen-bond acceptors (Lipinski definition) is 4. The van der Waals surface area contributed by atoms with E-state index in [1.54, 1.807) is 29.6 Å². The van der Waals surface area contributed by atoms with Gasteiger partial charge in [-0.15, -0.1) is 0 Å². The van der Waals surface area contributed by atoms with Gasteiger partial charge in [-0.25, -0.2) is 4.98 Å². The molecule has 1 aromatic heterocycles. The van der Waals surface area contributed by atoms with Gasteiger partial charge in [0.05, 0.1) is 6.33 Å². The van der Waals surface area contributed by atoms with E-state index in [-0.39, 0.29) is 5.91 Å². The van der Waals surface area contributed by atoms with E-state index in [2.05, 4.69) is 15.6 Å². The number of para-hydroxylation sites is 1. The molecule has 136 valence electrons. The molecule has 0 unspecified atom stereocenters. The van der Waals surface area contributed by atoms with Crippen LogP contribution in [0.15, 0.2) is 43.0 Å². The normalized spacial score (nSPS) is 15.7. The van der Waals surface area contributed by atoms with Crippen molar-refractivity contribution >= 4 is 23.4 Å². The first-order valence-electron chi connectivity index (χ1n) is 8.56. The number of nitrogens with zero attached hydrogens (tertiary/aromatic N) is 3. The minimum absolute atomic E-state index is 0.227. The molecule has 0 radical (unpaired) electrons. The molecule has 0 fully saturated rings. The summed E-state index contributed by atoms with van der Waals surface area (Å²) in [6.07, 6.45) is 5.88. The fraction of sp³-hybridized carbons (Fsp3) is 0.333. The quantitative estimate of drug-likeness (QED) is 0.586. The van der Waals surface area contributed by atoms with E-state index < -0.39 is 17.9 Å². The number of rotatable bonds is 6. The van der Waals surface area contributed by atoms with Gasteiger partial charge >= 0.3 is 11.8 Å². The lowest BCUT2D eigenvalue weighted by Gasteiger charge is -2.15.